The number of halogens is 4. The number of carbonyl (C=O) groups is 1. The molecule has 1 amide bonds. The predicted octanol–water partition coefficient (Wildman–Crippen LogP) is 3.85. The topological polar surface area (TPSA) is 54.5 Å². The van der Waals surface area contributed by atoms with E-state index >= 15 is 0 Å². The van der Waals surface area contributed by atoms with Crippen LogP contribution in [-0.4, -0.2) is 38.1 Å². The monoisotopic (exact) mass is 415 g/mol. The molecule has 1 unspecified atom stereocenters. The van der Waals surface area contributed by atoms with Gasteiger partial charge in [0, 0.05) is 18.7 Å². The Labute approximate surface area is 159 Å². The first-order chi connectivity index (χ1) is 13.1. The zero-order valence-electron chi connectivity index (χ0n) is 14.6. The molecule has 0 aromatic heterocycles. The Morgan fingerprint density at radius 1 is 1.00 bits per heavy atom. The molecular weight excluding hydrogens is 398 g/mol. The second-order valence-corrected chi connectivity index (χ2v) is 8.80. The molecule has 1 saturated heterocycles. The maximum absolute atomic E-state index is 14.1. The van der Waals surface area contributed by atoms with Crippen molar-refractivity contribution in [1.82, 2.24) is 4.90 Å². The maximum atomic E-state index is 14.1. The molecule has 1 heterocycles. The highest BCUT2D eigenvalue weighted by atomic mass is 32.2. The molecule has 28 heavy (non-hydrogen) atoms. The fourth-order valence-corrected chi connectivity index (χ4v) is 5.12. The summed E-state index contributed by atoms with van der Waals surface area (Å²) < 4.78 is 78.9. The van der Waals surface area contributed by atoms with Crippen molar-refractivity contribution in [3.05, 3.63) is 71.0 Å². The van der Waals surface area contributed by atoms with Gasteiger partial charge < -0.3 is 4.90 Å². The van der Waals surface area contributed by atoms with Crippen LogP contribution in [0.5, 0.6) is 0 Å². The Balaban J connectivity index is 1.90. The Morgan fingerprint density at radius 2 is 1.64 bits per heavy atom. The third-order valence-corrected chi connectivity index (χ3v) is 6.85. The average Bonchev–Trinajstić information content (AvgIpc) is 2.79. The fraction of sp³-hybridized carbons (Fsp3) is 0.316. The Bertz CT molecular complexity index is 989. The van der Waals surface area contributed by atoms with Gasteiger partial charge in [0.05, 0.1) is 22.1 Å². The van der Waals surface area contributed by atoms with E-state index in [0.717, 1.165) is 23.1 Å². The number of alkyl halides is 3. The molecule has 0 bridgehead atoms. The van der Waals surface area contributed by atoms with Crippen LogP contribution < -0.4 is 0 Å². The van der Waals surface area contributed by atoms with Gasteiger partial charge in [-0.15, -0.1) is 0 Å². The summed E-state index contributed by atoms with van der Waals surface area (Å²) in [5.74, 6) is -2.01. The van der Waals surface area contributed by atoms with Gasteiger partial charge in [-0.1, -0.05) is 30.3 Å². The number of benzene rings is 2. The molecule has 1 aliphatic heterocycles. The van der Waals surface area contributed by atoms with Gasteiger partial charge in [-0.25, -0.2) is 12.8 Å². The van der Waals surface area contributed by atoms with Crippen molar-refractivity contribution in [1.29, 1.82) is 0 Å². The highest BCUT2D eigenvalue weighted by Crippen LogP contribution is 2.34. The molecule has 0 radical (unpaired) electrons. The second-order valence-electron chi connectivity index (χ2n) is 6.50. The van der Waals surface area contributed by atoms with Crippen LogP contribution in [0.25, 0.3) is 0 Å². The van der Waals surface area contributed by atoms with Crippen LogP contribution >= 0.6 is 0 Å². The van der Waals surface area contributed by atoms with Gasteiger partial charge in [0.2, 0.25) is 0 Å². The van der Waals surface area contributed by atoms with Crippen molar-refractivity contribution in [2.24, 2.45) is 0 Å². The molecular formula is C19H17F4NO3S. The maximum Gasteiger partial charge on any atom is 0.417 e. The Kier molecular flexibility index (Phi) is 5.47. The number of nitrogens with zero attached hydrogens (tertiary/aromatic N) is 1. The van der Waals surface area contributed by atoms with E-state index in [0.29, 0.717) is 0 Å². The predicted molar refractivity (Wildman–Crippen MR) is 94.9 cm³/mol. The third-order valence-electron chi connectivity index (χ3n) is 4.74. The molecule has 0 aliphatic carbocycles. The molecule has 2 aromatic carbocycles. The smallest absolute Gasteiger partial charge is 0.338 e. The molecule has 1 aliphatic rings. The van der Waals surface area contributed by atoms with E-state index in [1.54, 1.807) is 0 Å². The minimum atomic E-state index is -4.71. The minimum absolute atomic E-state index is 0.00694. The van der Waals surface area contributed by atoms with Crippen LogP contribution in [0.2, 0.25) is 0 Å². The lowest BCUT2D eigenvalue weighted by Crippen LogP contribution is -2.34. The second kappa shape index (κ2) is 7.54. The summed E-state index contributed by atoms with van der Waals surface area (Å²) in [6.45, 7) is -0.346. The molecule has 0 spiro atoms. The number of amides is 1. The molecule has 4 nitrogen and oxygen atoms in total. The molecule has 0 N–H and O–H groups in total. The van der Waals surface area contributed by atoms with Crippen LogP contribution in [-0.2, 0) is 16.0 Å². The standard InChI is InChI=1S/C19H17F4NO3S/c20-16-8-4-2-6-14(16)17-9-10-24(11-12-28(17,26)27)18(25)13-5-1-3-7-15(13)19(21,22)23/h1-8,17H,9-12H2. The lowest BCUT2D eigenvalue weighted by atomic mass is 10.0. The van der Waals surface area contributed by atoms with Gasteiger partial charge in [-0.3, -0.25) is 4.79 Å². The molecule has 1 atom stereocenters. The zero-order chi connectivity index (χ0) is 20.5. The summed E-state index contributed by atoms with van der Waals surface area (Å²) >= 11 is 0. The van der Waals surface area contributed by atoms with Crippen molar-refractivity contribution < 1.29 is 30.8 Å². The van der Waals surface area contributed by atoms with Crippen molar-refractivity contribution >= 4 is 15.7 Å². The summed E-state index contributed by atoms with van der Waals surface area (Å²) in [6, 6.07) is 9.85. The quantitative estimate of drug-likeness (QED) is 0.701. The van der Waals surface area contributed by atoms with Crippen LogP contribution in [0.15, 0.2) is 48.5 Å². The molecule has 3 rings (SSSR count). The van der Waals surface area contributed by atoms with E-state index in [2.05, 4.69) is 0 Å². The van der Waals surface area contributed by atoms with Crippen molar-refractivity contribution in [3.8, 4) is 0 Å². The SMILES string of the molecule is O=C(c1ccccc1C(F)(F)F)N1CCC(c2ccccc2F)S(=O)(=O)CC1. The van der Waals surface area contributed by atoms with E-state index in [4.69, 9.17) is 0 Å². The van der Waals surface area contributed by atoms with E-state index in [9.17, 15) is 30.8 Å². The van der Waals surface area contributed by atoms with E-state index in [1.165, 1.54) is 30.3 Å². The number of rotatable bonds is 2. The lowest BCUT2D eigenvalue weighted by molar-refractivity contribution is -0.138. The van der Waals surface area contributed by atoms with Crippen molar-refractivity contribution in [2.75, 3.05) is 18.8 Å². The van der Waals surface area contributed by atoms with Crippen LogP contribution in [0.1, 0.15) is 33.2 Å². The van der Waals surface area contributed by atoms with Crippen LogP contribution in [0, 0.1) is 5.82 Å². The molecule has 0 saturated carbocycles. The van der Waals surface area contributed by atoms with Crippen molar-refractivity contribution in [3.63, 3.8) is 0 Å². The van der Waals surface area contributed by atoms with Crippen LogP contribution in [0.4, 0.5) is 17.6 Å². The highest BCUT2D eigenvalue weighted by molar-refractivity contribution is 7.91. The van der Waals surface area contributed by atoms with Gasteiger partial charge in [0.1, 0.15) is 5.82 Å². The van der Waals surface area contributed by atoms with Crippen LogP contribution in [0.3, 0.4) is 0 Å². The minimum Gasteiger partial charge on any atom is -0.338 e. The molecule has 1 fully saturated rings. The van der Waals surface area contributed by atoms with Crippen molar-refractivity contribution in [2.45, 2.75) is 17.8 Å². The number of sulfone groups is 1. The molecule has 2 aromatic rings. The number of carbonyl (C=O) groups excluding carboxylic acids is 1. The first kappa shape index (κ1) is 20.3. The highest BCUT2D eigenvalue weighted by Gasteiger charge is 2.38. The normalized spacial score (nSPS) is 19.9. The fourth-order valence-electron chi connectivity index (χ4n) is 3.32. The molecule has 9 heteroatoms. The van der Waals surface area contributed by atoms with Gasteiger partial charge in [0.15, 0.2) is 9.84 Å². The summed E-state index contributed by atoms with van der Waals surface area (Å²) in [7, 11) is -3.78. The molecule has 150 valence electrons. The number of hydrogen-bond acceptors (Lipinski definition) is 3. The third kappa shape index (κ3) is 4.04. The summed E-state index contributed by atoms with van der Waals surface area (Å²) in [5.41, 5.74) is -1.60. The first-order valence-electron chi connectivity index (χ1n) is 8.53. The number of hydrogen-bond donors (Lipinski definition) is 0. The van der Waals surface area contributed by atoms with Gasteiger partial charge >= 0.3 is 6.18 Å². The van der Waals surface area contributed by atoms with E-state index in [-0.39, 0.29) is 25.1 Å². The van der Waals surface area contributed by atoms with E-state index < -0.39 is 49.9 Å². The lowest BCUT2D eigenvalue weighted by Gasteiger charge is -2.22. The van der Waals surface area contributed by atoms with Gasteiger partial charge in [0.25, 0.3) is 5.91 Å². The Morgan fingerprint density at radius 3 is 2.32 bits per heavy atom. The Hall–Kier alpha value is -2.42. The summed E-state index contributed by atoms with van der Waals surface area (Å²) in [4.78, 5) is 13.8. The zero-order valence-corrected chi connectivity index (χ0v) is 15.4. The van der Waals surface area contributed by atoms with Gasteiger partial charge in [-0.05, 0) is 24.6 Å². The largest absolute Gasteiger partial charge is 0.417 e. The first-order valence-corrected chi connectivity index (χ1v) is 10.2. The van der Waals surface area contributed by atoms with E-state index in [1.807, 2.05) is 0 Å². The summed E-state index contributed by atoms with van der Waals surface area (Å²) in [5, 5.41) is -1.15. The summed E-state index contributed by atoms with van der Waals surface area (Å²) in [6.07, 6.45) is -4.80. The average molecular weight is 415 g/mol. The van der Waals surface area contributed by atoms with Gasteiger partial charge in [-0.2, -0.15) is 13.2 Å².